The first-order valence-corrected chi connectivity index (χ1v) is 7.40. The normalized spacial score (nSPS) is 11.2. The highest BCUT2D eigenvalue weighted by Crippen LogP contribution is 2.20. The highest BCUT2D eigenvalue weighted by molar-refractivity contribution is 4.53. The summed E-state index contributed by atoms with van der Waals surface area (Å²) in [6, 6.07) is 0. The monoisotopic (exact) mass is 324 g/mol. The van der Waals surface area contributed by atoms with E-state index in [1.807, 2.05) is 0 Å². The van der Waals surface area contributed by atoms with E-state index in [0.717, 1.165) is 44.9 Å². The van der Waals surface area contributed by atoms with Gasteiger partial charge in [-0.2, -0.15) is 0 Å². The second-order valence-corrected chi connectivity index (χ2v) is 5.00. The number of nitrogens with zero attached hydrogens (tertiary/aromatic N) is 2. The van der Waals surface area contributed by atoms with Gasteiger partial charge in [0.2, 0.25) is 0 Å². The van der Waals surface area contributed by atoms with E-state index in [-0.39, 0.29) is 13.0 Å². The smallest absolute Gasteiger partial charge is 0.364 e. The number of unbranched alkanes of at least 4 members (excludes halogenated alkanes) is 8. The van der Waals surface area contributed by atoms with Gasteiger partial charge in [0.15, 0.2) is 0 Å². The Morgan fingerprint density at radius 1 is 0.773 bits per heavy atom. The van der Waals surface area contributed by atoms with Crippen molar-refractivity contribution in [1.29, 1.82) is 0 Å². The largest absolute Gasteiger partial charge is 0.396 e. The lowest BCUT2D eigenvalue weighted by atomic mass is 10.1. The van der Waals surface area contributed by atoms with Gasteiger partial charge in [-0.15, -0.1) is 20.2 Å². The van der Waals surface area contributed by atoms with Crippen LogP contribution in [-0.2, 0) is 9.68 Å². The van der Waals surface area contributed by atoms with E-state index in [0.29, 0.717) is 12.8 Å². The average molecular weight is 324 g/mol. The molecule has 10 heteroatoms. The van der Waals surface area contributed by atoms with Crippen LogP contribution >= 0.6 is 0 Å². The van der Waals surface area contributed by atoms with Gasteiger partial charge in [-0.05, 0) is 12.8 Å². The summed E-state index contributed by atoms with van der Waals surface area (Å²) in [6.45, 7) is 0.224. The first-order chi connectivity index (χ1) is 10.4. The molecule has 0 spiro atoms. The van der Waals surface area contributed by atoms with Gasteiger partial charge in [-0.25, -0.2) is 9.68 Å². The Bertz CT molecular complexity index is 310. The summed E-state index contributed by atoms with van der Waals surface area (Å²) in [7, 11) is 0. The molecule has 0 fully saturated rings. The fourth-order valence-electron chi connectivity index (χ4n) is 2.04. The van der Waals surface area contributed by atoms with Crippen LogP contribution in [0.25, 0.3) is 0 Å². The third kappa shape index (κ3) is 12.1. The van der Waals surface area contributed by atoms with Gasteiger partial charge in [0.05, 0.1) is 0 Å². The van der Waals surface area contributed by atoms with Crippen LogP contribution in [0.1, 0.15) is 64.2 Å². The third-order valence-electron chi connectivity index (χ3n) is 3.09. The zero-order valence-corrected chi connectivity index (χ0v) is 12.5. The van der Waals surface area contributed by atoms with Gasteiger partial charge in [0.25, 0.3) is 10.2 Å². The number of hydrogen-bond donors (Lipinski definition) is 2. The quantitative estimate of drug-likeness (QED) is 0.201. The van der Waals surface area contributed by atoms with E-state index >= 15 is 0 Å². The minimum Gasteiger partial charge on any atom is -0.396 e. The van der Waals surface area contributed by atoms with E-state index in [2.05, 4.69) is 9.68 Å². The van der Waals surface area contributed by atoms with Crippen molar-refractivity contribution in [2.75, 3.05) is 6.61 Å². The van der Waals surface area contributed by atoms with Crippen molar-refractivity contribution in [3.8, 4) is 0 Å². The van der Waals surface area contributed by atoms with Gasteiger partial charge >= 0.3 is 5.97 Å². The van der Waals surface area contributed by atoms with Crippen molar-refractivity contribution < 1.29 is 30.1 Å². The molecule has 22 heavy (non-hydrogen) atoms. The predicted molar refractivity (Wildman–Crippen MR) is 74.4 cm³/mol. The molecule has 0 bridgehead atoms. The van der Waals surface area contributed by atoms with E-state index in [1.54, 1.807) is 0 Å². The zero-order chi connectivity index (χ0) is 16.8. The third-order valence-corrected chi connectivity index (χ3v) is 3.09. The molecule has 0 radical (unpaired) electrons. The van der Waals surface area contributed by atoms with Crippen LogP contribution in [0.5, 0.6) is 0 Å². The highest BCUT2D eigenvalue weighted by Gasteiger charge is 2.35. The average Bonchev–Trinajstić information content (AvgIpc) is 2.39. The first kappa shape index (κ1) is 20.3. The molecule has 0 aromatic rings. The Morgan fingerprint density at radius 3 is 1.50 bits per heavy atom. The molecular weight excluding hydrogens is 300 g/mol. The maximum atomic E-state index is 10.2. The summed E-state index contributed by atoms with van der Waals surface area (Å²) in [5, 5.41) is 35.9. The summed E-state index contributed by atoms with van der Waals surface area (Å²) in [5.41, 5.74) is 0. The van der Waals surface area contributed by atoms with Gasteiger partial charge in [-0.1, -0.05) is 44.9 Å². The molecule has 0 aliphatic carbocycles. The molecule has 10 nitrogen and oxygen atoms in total. The summed E-state index contributed by atoms with van der Waals surface area (Å²) in [6.07, 6.45) is 7.48. The fourth-order valence-corrected chi connectivity index (χ4v) is 2.04. The van der Waals surface area contributed by atoms with E-state index in [9.17, 15) is 25.3 Å². The van der Waals surface area contributed by atoms with Gasteiger partial charge in [0, 0.05) is 13.0 Å². The van der Waals surface area contributed by atoms with Crippen LogP contribution < -0.4 is 0 Å². The fraction of sp³-hybridized carbons (Fsp3) is 1.00. The maximum absolute atomic E-state index is 10.2. The Morgan fingerprint density at radius 2 is 1.14 bits per heavy atom. The summed E-state index contributed by atoms with van der Waals surface area (Å²) in [4.78, 5) is 28.0. The lowest BCUT2D eigenvalue weighted by Crippen LogP contribution is -2.39. The van der Waals surface area contributed by atoms with Gasteiger partial charge < -0.3 is 10.2 Å². The minimum absolute atomic E-state index is 0.224. The van der Waals surface area contributed by atoms with Crippen molar-refractivity contribution >= 4 is 0 Å². The van der Waals surface area contributed by atoms with Crippen LogP contribution in [0.15, 0.2) is 0 Å². The van der Waals surface area contributed by atoms with Crippen molar-refractivity contribution in [2.24, 2.45) is 0 Å². The lowest BCUT2D eigenvalue weighted by molar-refractivity contribution is -0.894. The maximum Gasteiger partial charge on any atom is 0.364 e. The van der Waals surface area contributed by atoms with Gasteiger partial charge in [-0.3, -0.25) is 0 Å². The molecule has 0 rings (SSSR count). The van der Waals surface area contributed by atoms with E-state index < -0.39 is 16.1 Å². The van der Waals surface area contributed by atoms with E-state index in [4.69, 9.17) is 5.11 Å². The molecule has 0 saturated carbocycles. The van der Waals surface area contributed by atoms with Crippen molar-refractivity contribution in [1.82, 2.24) is 0 Å². The molecule has 0 unspecified atom stereocenters. The summed E-state index contributed by atoms with van der Waals surface area (Å²) in [5.74, 6) is -2.84. The standard InChI is InChI=1S/C12H24N2O8/c15-11-9-7-5-3-1-2-4-6-8-10-12(16,21-13(17)18)22-14(19)20/h15-16H,1-11H2. The predicted octanol–water partition coefficient (Wildman–Crippen LogP) is 1.94. The molecule has 0 amide bonds. The van der Waals surface area contributed by atoms with Crippen molar-refractivity contribution in [3.05, 3.63) is 20.2 Å². The molecule has 0 aromatic heterocycles. The number of aliphatic hydroxyl groups is 2. The molecule has 0 atom stereocenters. The van der Waals surface area contributed by atoms with Crippen molar-refractivity contribution in [2.45, 2.75) is 70.2 Å². The highest BCUT2D eigenvalue weighted by atomic mass is 17.1. The second kappa shape index (κ2) is 11.9. The Kier molecular flexibility index (Phi) is 11.0. The SMILES string of the molecule is O=[N+]([O-])OC(O)(CCCCCCCCCCCO)O[N+](=O)[O-]. The van der Waals surface area contributed by atoms with Crippen LogP contribution in [0.2, 0.25) is 0 Å². The van der Waals surface area contributed by atoms with E-state index in [1.165, 1.54) is 0 Å². The Labute approximate surface area is 128 Å². The molecular formula is C12H24N2O8. The zero-order valence-electron chi connectivity index (χ0n) is 12.5. The lowest BCUT2D eigenvalue weighted by Gasteiger charge is -2.22. The topological polar surface area (TPSA) is 145 Å². The number of hydrogen-bond acceptors (Lipinski definition) is 8. The summed E-state index contributed by atoms with van der Waals surface area (Å²) < 4.78 is 0. The molecule has 2 N–H and O–H groups in total. The molecule has 0 aromatic carbocycles. The molecule has 0 saturated heterocycles. The van der Waals surface area contributed by atoms with Crippen molar-refractivity contribution in [3.63, 3.8) is 0 Å². The van der Waals surface area contributed by atoms with Crippen LogP contribution in [0.3, 0.4) is 0 Å². The molecule has 0 aliphatic rings. The minimum atomic E-state index is -2.84. The first-order valence-electron chi connectivity index (χ1n) is 7.40. The van der Waals surface area contributed by atoms with Gasteiger partial charge in [0.1, 0.15) is 0 Å². The Balaban J connectivity index is 3.72. The van der Waals surface area contributed by atoms with Crippen LogP contribution in [0, 0.1) is 20.2 Å². The summed E-state index contributed by atoms with van der Waals surface area (Å²) >= 11 is 0. The number of rotatable bonds is 15. The van der Waals surface area contributed by atoms with Crippen LogP contribution in [0.4, 0.5) is 0 Å². The Hall–Kier alpha value is -1.68. The molecule has 0 heterocycles. The second-order valence-electron chi connectivity index (χ2n) is 5.00. The van der Waals surface area contributed by atoms with Crippen LogP contribution in [-0.4, -0.2) is 33.0 Å². The number of aliphatic hydroxyl groups excluding tert-OH is 1. The molecule has 130 valence electrons. The molecule has 0 aliphatic heterocycles.